The van der Waals surface area contributed by atoms with Gasteiger partial charge in [-0.25, -0.2) is 9.82 Å². The lowest BCUT2D eigenvalue weighted by Gasteiger charge is -2.06. The third-order valence-corrected chi connectivity index (χ3v) is 4.05. The maximum absolute atomic E-state index is 12.9. The van der Waals surface area contributed by atoms with Crippen molar-refractivity contribution in [3.8, 4) is 5.75 Å². The molecule has 0 saturated carbocycles. The first-order valence-corrected chi connectivity index (χ1v) is 9.18. The molecule has 3 aromatic rings. The number of anilines is 1. The Hall–Kier alpha value is -4.00. The molecule has 0 aliphatic heterocycles. The number of rotatable bonds is 7. The van der Waals surface area contributed by atoms with Crippen molar-refractivity contribution in [3.63, 3.8) is 0 Å². The van der Waals surface area contributed by atoms with E-state index in [0.29, 0.717) is 23.6 Å². The smallest absolute Gasteiger partial charge is 0.271 e. The lowest BCUT2D eigenvalue weighted by Crippen LogP contribution is -2.17. The Morgan fingerprint density at radius 2 is 1.63 bits per heavy atom. The van der Waals surface area contributed by atoms with E-state index in [-0.39, 0.29) is 17.6 Å². The van der Waals surface area contributed by atoms with E-state index in [1.54, 1.807) is 60.7 Å². The molecule has 152 valence electrons. The Kier molecular flexibility index (Phi) is 6.89. The molecule has 30 heavy (non-hydrogen) atoms. The average Bonchev–Trinajstić information content (AvgIpc) is 2.74. The Morgan fingerprint density at radius 3 is 2.27 bits per heavy atom. The molecule has 0 unspecified atom stereocenters. The van der Waals surface area contributed by atoms with Gasteiger partial charge in [-0.1, -0.05) is 12.1 Å². The molecule has 0 bridgehead atoms. The van der Waals surface area contributed by atoms with Crippen LogP contribution in [0.2, 0.25) is 0 Å². The van der Waals surface area contributed by atoms with Crippen molar-refractivity contribution >= 4 is 23.7 Å². The highest BCUT2D eigenvalue weighted by atomic mass is 19.1. The zero-order valence-electron chi connectivity index (χ0n) is 16.3. The normalized spacial score (nSPS) is 10.6. The third kappa shape index (κ3) is 6.27. The fraction of sp³-hybridized carbons (Fsp3) is 0.0870. The van der Waals surface area contributed by atoms with Gasteiger partial charge in [0, 0.05) is 18.2 Å². The number of halogens is 1. The molecule has 3 aromatic carbocycles. The number of nitrogens with one attached hydrogen (secondary N) is 2. The molecule has 0 heterocycles. The van der Waals surface area contributed by atoms with Crippen LogP contribution >= 0.6 is 0 Å². The highest BCUT2D eigenvalue weighted by molar-refractivity contribution is 5.96. The molecular formula is C23H20FN3O3. The van der Waals surface area contributed by atoms with Gasteiger partial charge in [0.2, 0.25) is 5.91 Å². The summed E-state index contributed by atoms with van der Waals surface area (Å²) in [5.41, 5.74) is 5.14. The Morgan fingerprint density at radius 1 is 0.967 bits per heavy atom. The molecule has 2 amide bonds. The number of hydrogen-bond acceptors (Lipinski definition) is 4. The molecule has 0 spiro atoms. The second kappa shape index (κ2) is 9.97. The van der Waals surface area contributed by atoms with Crippen LogP contribution in [-0.4, -0.2) is 18.0 Å². The van der Waals surface area contributed by atoms with Gasteiger partial charge in [0.05, 0.1) is 6.21 Å². The van der Waals surface area contributed by atoms with Crippen LogP contribution in [0.1, 0.15) is 28.4 Å². The summed E-state index contributed by atoms with van der Waals surface area (Å²) in [6.45, 7) is 1.75. The Bertz CT molecular complexity index is 1030. The number of nitrogens with zero attached hydrogens (tertiary/aromatic N) is 1. The van der Waals surface area contributed by atoms with Crippen molar-refractivity contribution in [3.05, 3.63) is 95.3 Å². The summed E-state index contributed by atoms with van der Waals surface area (Å²) < 4.78 is 18.6. The first kappa shape index (κ1) is 20.7. The molecule has 0 aliphatic rings. The van der Waals surface area contributed by atoms with Gasteiger partial charge in [-0.2, -0.15) is 5.10 Å². The molecule has 0 atom stereocenters. The summed E-state index contributed by atoms with van der Waals surface area (Å²) in [5, 5.41) is 6.58. The molecular weight excluding hydrogens is 385 g/mol. The maximum atomic E-state index is 12.9. The maximum Gasteiger partial charge on any atom is 0.271 e. The Labute approximate surface area is 173 Å². The standard InChI is InChI=1S/C23H20FN3O3/c1-16(28)26-21-10-6-19(7-11-21)23(29)27-25-14-17-4-12-22(13-5-17)30-15-18-2-8-20(24)9-3-18/h2-14H,15H2,1H3,(H,26,28)(H,27,29). The first-order chi connectivity index (χ1) is 14.5. The van der Waals surface area contributed by atoms with E-state index >= 15 is 0 Å². The average molecular weight is 405 g/mol. The van der Waals surface area contributed by atoms with E-state index in [1.807, 2.05) is 0 Å². The van der Waals surface area contributed by atoms with Crippen LogP contribution in [0.15, 0.2) is 77.9 Å². The number of hydrazone groups is 1. The number of carbonyl (C=O) groups excluding carboxylic acids is 2. The summed E-state index contributed by atoms with van der Waals surface area (Å²) in [4.78, 5) is 23.1. The Balaban J connectivity index is 1.49. The minimum absolute atomic E-state index is 0.177. The quantitative estimate of drug-likeness (QED) is 0.458. The summed E-state index contributed by atoms with van der Waals surface area (Å²) in [5.74, 6) is -0.153. The molecule has 0 radical (unpaired) electrons. The van der Waals surface area contributed by atoms with Crippen LogP contribution in [0.5, 0.6) is 5.75 Å². The highest BCUT2D eigenvalue weighted by Gasteiger charge is 2.04. The van der Waals surface area contributed by atoms with Crippen LogP contribution in [-0.2, 0) is 11.4 Å². The number of amides is 2. The van der Waals surface area contributed by atoms with Crippen molar-refractivity contribution in [2.45, 2.75) is 13.5 Å². The van der Waals surface area contributed by atoms with Crippen LogP contribution in [0, 0.1) is 5.82 Å². The van der Waals surface area contributed by atoms with Crippen molar-refractivity contribution in [2.75, 3.05) is 5.32 Å². The molecule has 0 aliphatic carbocycles. The number of carbonyl (C=O) groups is 2. The van der Waals surface area contributed by atoms with Crippen LogP contribution in [0.3, 0.4) is 0 Å². The highest BCUT2D eigenvalue weighted by Crippen LogP contribution is 2.14. The van der Waals surface area contributed by atoms with Gasteiger partial charge in [-0.15, -0.1) is 0 Å². The van der Waals surface area contributed by atoms with Gasteiger partial charge in [0.25, 0.3) is 5.91 Å². The predicted molar refractivity (Wildman–Crippen MR) is 113 cm³/mol. The zero-order chi connectivity index (χ0) is 21.3. The van der Waals surface area contributed by atoms with E-state index in [1.165, 1.54) is 25.3 Å². The minimum atomic E-state index is -0.361. The van der Waals surface area contributed by atoms with Gasteiger partial charge in [-0.05, 0) is 71.8 Å². The molecule has 2 N–H and O–H groups in total. The van der Waals surface area contributed by atoms with Crippen molar-refractivity contribution < 1.29 is 18.7 Å². The third-order valence-electron chi connectivity index (χ3n) is 4.05. The first-order valence-electron chi connectivity index (χ1n) is 9.18. The number of benzene rings is 3. The molecule has 6 nitrogen and oxygen atoms in total. The molecule has 7 heteroatoms. The second-order valence-electron chi connectivity index (χ2n) is 6.44. The lowest BCUT2D eigenvalue weighted by molar-refractivity contribution is -0.114. The van der Waals surface area contributed by atoms with E-state index in [0.717, 1.165) is 11.1 Å². The van der Waals surface area contributed by atoms with Crippen molar-refractivity contribution in [2.24, 2.45) is 5.10 Å². The van der Waals surface area contributed by atoms with Gasteiger partial charge < -0.3 is 10.1 Å². The van der Waals surface area contributed by atoms with Gasteiger partial charge >= 0.3 is 0 Å². The van der Waals surface area contributed by atoms with Crippen LogP contribution < -0.4 is 15.5 Å². The molecule has 3 rings (SSSR count). The van der Waals surface area contributed by atoms with E-state index in [9.17, 15) is 14.0 Å². The van der Waals surface area contributed by atoms with Crippen LogP contribution in [0.25, 0.3) is 0 Å². The number of ether oxygens (including phenoxy) is 1. The SMILES string of the molecule is CC(=O)Nc1ccc(C(=O)NN=Cc2ccc(OCc3ccc(F)cc3)cc2)cc1. The van der Waals surface area contributed by atoms with E-state index < -0.39 is 0 Å². The predicted octanol–water partition coefficient (Wildman–Crippen LogP) is 4.13. The van der Waals surface area contributed by atoms with E-state index in [4.69, 9.17) is 4.74 Å². The monoisotopic (exact) mass is 405 g/mol. The van der Waals surface area contributed by atoms with Crippen molar-refractivity contribution in [1.82, 2.24) is 5.43 Å². The zero-order valence-corrected chi connectivity index (χ0v) is 16.3. The lowest BCUT2D eigenvalue weighted by atomic mass is 10.2. The summed E-state index contributed by atoms with van der Waals surface area (Å²) in [6, 6.07) is 19.8. The second-order valence-corrected chi connectivity index (χ2v) is 6.44. The van der Waals surface area contributed by atoms with Gasteiger partial charge in [-0.3, -0.25) is 9.59 Å². The number of hydrogen-bond donors (Lipinski definition) is 2. The summed E-state index contributed by atoms with van der Waals surface area (Å²) in [7, 11) is 0. The van der Waals surface area contributed by atoms with E-state index in [2.05, 4.69) is 15.8 Å². The van der Waals surface area contributed by atoms with Crippen molar-refractivity contribution in [1.29, 1.82) is 0 Å². The topological polar surface area (TPSA) is 79.8 Å². The van der Waals surface area contributed by atoms with Gasteiger partial charge in [0.1, 0.15) is 18.2 Å². The summed E-state index contributed by atoms with van der Waals surface area (Å²) in [6.07, 6.45) is 1.52. The molecule has 0 aromatic heterocycles. The summed E-state index contributed by atoms with van der Waals surface area (Å²) >= 11 is 0. The fourth-order valence-electron chi connectivity index (χ4n) is 2.54. The van der Waals surface area contributed by atoms with Crippen LogP contribution in [0.4, 0.5) is 10.1 Å². The minimum Gasteiger partial charge on any atom is -0.489 e. The molecule has 0 saturated heterocycles. The fourth-order valence-corrected chi connectivity index (χ4v) is 2.54. The molecule has 0 fully saturated rings. The largest absolute Gasteiger partial charge is 0.489 e. The van der Waals surface area contributed by atoms with Gasteiger partial charge in [0.15, 0.2) is 0 Å².